The first kappa shape index (κ1) is 11.3. The van der Waals surface area contributed by atoms with E-state index in [1.54, 1.807) is 0 Å². The molecule has 0 saturated carbocycles. The molecule has 1 rings (SSSR count). The van der Waals surface area contributed by atoms with Gasteiger partial charge in [0.15, 0.2) is 11.5 Å². The minimum Gasteiger partial charge on any atom is -0.504 e. The monoisotopic (exact) mass is 212 g/mol. The van der Waals surface area contributed by atoms with Gasteiger partial charge in [0.25, 0.3) is 5.69 Å². The summed E-state index contributed by atoms with van der Waals surface area (Å²) >= 11 is 0. The molecule has 0 aromatic heterocycles. The first-order valence-electron chi connectivity index (χ1n) is 4.45. The quantitative estimate of drug-likeness (QED) is 0.431. The van der Waals surface area contributed by atoms with Gasteiger partial charge in [0, 0.05) is 6.07 Å². The zero-order valence-corrected chi connectivity index (χ0v) is 8.05. The summed E-state index contributed by atoms with van der Waals surface area (Å²) in [6.07, 6.45) is 0.627. The number of aromatic hydroxyl groups is 1. The summed E-state index contributed by atoms with van der Waals surface area (Å²) in [7, 11) is 0. The Morgan fingerprint density at radius 2 is 2.27 bits per heavy atom. The Morgan fingerprint density at radius 3 is 2.87 bits per heavy atom. The highest BCUT2D eigenvalue weighted by Gasteiger charge is 2.10. The van der Waals surface area contributed by atoms with Crippen LogP contribution in [-0.2, 0) is 0 Å². The lowest BCUT2D eigenvalue weighted by molar-refractivity contribution is -0.385. The summed E-state index contributed by atoms with van der Waals surface area (Å²) in [5.41, 5.74) is 5.14. The molecule has 0 saturated heterocycles. The minimum atomic E-state index is -0.546. The van der Waals surface area contributed by atoms with Crippen LogP contribution in [-0.4, -0.2) is 23.2 Å². The largest absolute Gasteiger partial charge is 0.504 e. The van der Waals surface area contributed by atoms with Crippen LogP contribution in [0.2, 0.25) is 0 Å². The van der Waals surface area contributed by atoms with Crippen LogP contribution in [0.1, 0.15) is 6.42 Å². The third-order valence-electron chi connectivity index (χ3n) is 1.76. The fourth-order valence-electron chi connectivity index (χ4n) is 0.997. The van der Waals surface area contributed by atoms with Gasteiger partial charge in [-0.25, -0.2) is 0 Å². The van der Waals surface area contributed by atoms with Gasteiger partial charge >= 0.3 is 0 Å². The van der Waals surface area contributed by atoms with Crippen LogP contribution in [0.25, 0.3) is 0 Å². The van der Waals surface area contributed by atoms with Crippen molar-refractivity contribution in [3.63, 3.8) is 0 Å². The average molecular weight is 212 g/mol. The van der Waals surface area contributed by atoms with Crippen LogP contribution in [0.4, 0.5) is 5.69 Å². The fourth-order valence-corrected chi connectivity index (χ4v) is 0.997. The van der Waals surface area contributed by atoms with Crippen molar-refractivity contribution in [2.45, 2.75) is 6.42 Å². The molecule has 15 heavy (non-hydrogen) atoms. The molecule has 0 bridgehead atoms. The average Bonchev–Trinajstić information content (AvgIpc) is 2.20. The number of hydrogen-bond acceptors (Lipinski definition) is 5. The van der Waals surface area contributed by atoms with Gasteiger partial charge in [0.2, 0.25) is 0 Å². The van der Waals surface area contributed by atoms with Gasteiger partial charge in [0.05, 0.1) is 17.6 Å². The first-order chi connectivity index (χ1) is 7.15. The van der Waals surface area contributed by atoms with E-state index in [9.17, 15) is 15.2 Å². The number of nitrogens with zero attached hydrogens (tertiary/aromatic N) is 1. The number of ether oxygens (including phenoxy) is 1. The van der Waals surface area contributed by atoms with E-state index < -0.39 is 4.92 Å². The molecular weight excluding hydrogens is 200 g/mol. The summed E-state index contributed by atoms with van der Waals surface area (Å²) < 4.78 is 5.13. The second-order valence-electron chi connectivity index (χ2n) is 2.90. The fraction of sp³-hybridized carbons (Fsp3) is 0.333. The van der Waals surface area contributed by atoms with Crippen molar-refractivity contribution in [2.24, 2.45) is 5.73 Å². The number of nitro benzene ring substituents is 1. The van der Waals surface area contributed by atoms with Crippen molar-refractivity contribution in [3.8, 4) is 11.5 Å². The highest BCUT2D eigenvalue weighted by molar-refractivity contribution is 5.47. The highest BCUT2D eigenvalue weighted by Crippen LogP contribution is 2.29. The standard InChI is InChI=1S/C9H12N2O4/c10-4-1-5-15-9-6-7(11(13)14)2-3-8(9)12/h2-3,6,12H,1,4-5,10H2. The Morgan fingerprint density at radius 1 is 1.53 bits per heavy atom. The summed E-state index contributed by atoms with van der Waals surface area (Å²) in [6.45, 7) is 0.793. The molecule has 0 aliphatic rings. The lowest BCUT2D eigenvalue weighted by atomic mass is 10.3. The van der Waals surface area contributed by atoms with Crippen LogP contribution in [0, 0.1) is 10.1 Å². The second-order valence-corrected chi connectivity index (χ2v) is 2.90. The van der Waals surface area contributed by atoms with Crippen molar-refractivity contribution in [2.75, 3.05) is 13.2 Å². The lowest BCUT2D eigenvalue weighted by Crippen LogP contribution is -2.06. The SMILES string of the molecule is NCCCOc1cc([N+](=O)[O-])ccc1O. The molecule has 0 spiro atoms. The summed E-state index contributed by atoms with van der Waals surface area (Å²) in [4.78, 5) is 9.90. The molecule has 0 radical (unpaired) electrons. The van der Waals surface area contributed by atoms with E-state index in [2.05, 4.69) is 0 Å². The Bertz CT molecular complexity index is 354. The molecule has 1 aromatic rings. The second kappa shape index (κ2) is 5.16. The smallest absolute Gasteiger partial charge is 0.273 e. The van der Waals surface area contributed by atoms with Gasteiger partial charge in [-0.2, -0.15) is 0 Å². The normalized spacial score (nSPS) is 9.93. The van der Waals surface area contributed by atoms with Gasteiger partial charge < -0.3 is 15.6 Å². The zero-order valence-electron chi connectivity index (χ0n) is 8.05. The number of phenolic OH excluding ortho intramolecular Hbond substituents is 1. The van der Waals surface area contributed by atoms with E-state index in [0.717, 1.165) is 0 Å². The van der Waals surface area contributed by atoms with Gasteiger partial charge in [-0.1, -0.05) is 0 Å². The van der Waals surface area contributed by atoms with E-state index in [1.165, 1.54) is 18.2 Å². The molecule has 1 aromatic carbocycles. The number of non-ortho nitro benzene ring substituents is 1. The van der Waals surface area contributed by atoms with Crippen molar-refractivity contribution in [1.29, 1.82) is 0 Å². The Labute approximate surface area is 86.4 Å². The number of benzene rings is 1. The maximum atomic E-state index is 10.4. The summed E-state index contributed by atoms with van der Waals surface area (Å²) in [5, 5.41) is 19.8. The molecule has 6 nitrogen and oxygen atoms in total. The van der Waals surface area contributed by atoms with E-state index in [-0.39, 0.29) is 17.2 Å². The molecule has 3 N–H and O–H groups in total. The van der Waals surface area contributed by atoms with Gasteiger partial charge in [-0.15, -0.1) is 0 Å². The predicted molar refractivity (Wildman–Crippen MR) is 53.9 cm³/mol. The molecule has 0 aliphatic carbocycles. The number of rotatable bonds is 5. The van der Waals surface area contributed by atoms with Gasteiger partial charge in [0.1, 0.15) is 0 Å². The molecule has 0 aliphatic heterocycles. The number of nitro groups is 1. The topological polar surface area (TPSA) is 98.6 Å². The summed E-state index contributed by atoms with van der Waals surface area (Å²) in [5.74, 6) is -0.00438. The molecule has 0 fully saturated rings. The van der Waals surface area contributed by atoms with Crippen molar-refractivity contribution < 1.29 is 14.8 Å². The molecule has 0 heterocycles. The minimum absolute atomic E-state index is 0.109. The van der Waals surface area contributed by atoms with Crippen molar-refractivity contribution >= 4 is 5.69 Å². The van der Waals surface area contributed by atoms with E-state index in [4.69, 9.17) is 10.5 Å². The van der Waals surface area contributed by atoms with E-state index in [1.807, 2.05) is 0 Å². The predicted octanol–water partition coefficient (Wildman–Crippen LogP) is 1.03. The maximum Gasteiger partial charge on any atom is 0.273 e. The number of phenols is 1. The molecule has 0 atom stereocenters. The molecule has 0 unspecified atom stereocenters. The molecule has 6 heteroatoms. The maximum absolute atomic E-state index is 10.4. The van der Waals surface area contributed by atoms with Crippen LogP contribution in [0.3, 0.4) is 0 Å². The third-order valence-corrected chi connectivity index (χ3v) is 1.76. The molecule has 0 amide bonds. The van der Waals surface area contributed by atoms with Crippen molar-refractivity contribution in [3.05, 3.63) is 28.3 Å². The molecular formula is C9H12N2O4. The Kier molecular flexibility index (Phi) is 3.87. The van der Waals surface area contributed by atoms with Crippen LogP contribution >= 0.6 is 0 Å². The third kappa shape index (κ3) is 3.10. The highest BCUT2D eigenvalue weighted by atomic mass is 16.6. The first-order valence-corrected chi connectivity index (χ1v) is 4.45. The Balaban J connectivity index is 2.76. The Hall–Kier alpha value is -1.82. The van der Waals surface area contributed by atoms with Crippen LogP contribution in [0.15, 0.2) is 18.2 Å². The number of nitrogens with two attached hydrogens (primary N) is 1. The van der Waals surface area contributed by atoms with Crippen LogP contribution < -0.4 is 10.5 Å². The molecule has 82 valence electrons. The van der Waals surface area contributed by atoms with Gasteiger partial charge in [-0.05, 0) is 19.0 Å². The number of hydrogen-bond donors (Lipinski definition) is 2. The zero-order chi connectivity index (χ0) is 11.3. The van der Waals surface area contributed by atoms with E-state index in [0.29, 0.717) is 19.6 Å². The summed E-state index contributed by atoms with van der Waals surface area (Å²) in [6, 6.07) is 3.63. The van der Waals surface area contributed by atoms with Crippen molar-refractivity contribution in [1.82, 2.24) is 0 Å². The lowest BCUT2D eigenvalue weighted by Gasteiger charge is -2.06. The van der Waals surface area contributed by atoms with Gasteiger partial charge in [-0.3, -0.25) is 10.1 Å². The van der Waals surface area contributed by atoms with E-state index >= 15 is 0 Å². The van der Waals surface area contributed by atoms with Crippen LogP contribution in [0.5, 0.6) is 11.5 Å².